The van der Waals surface area contributed by atoms with Crippen molar-refractivity contribution in [3.05, 3.63) is 35.9 Å². The minimum atomic E-state index is -0.706. The summed E-state index contributed by atoms with van der Waals surface area (Å²) in [6.45, 7) is 0. The van der Waals surface area contributed by atoms with Crippen molar-refractivity contribution in [1.29, 1.82) is 5.26 Å². The summed E-state index contributed by atoms with van der Waals surface area (Å²) >= 11 is 0. The van der Waals surface area contributed by atoms with Crippen molar-refractivity contribution in [2.75, 3.05) is 7.11 Å². The van der Waals surface area contributed by atoms with Crippen molar-refractivity contribution in [2.45, 2.75) is 6.42 Å². The molecule has 0 radical (unpaired) electrons. The number of carbonyl (C=O) groups excluding carboxylic acids is 1. The first-order chi connectivity index (χ1) is 6.77. The number of hydrogen-bond acceptors (Lipinski definition) is 3. The summed E-state index contributed by atoms with van der Waals surface area (Å²) in [5.41, 5.74) is 0.962. The monoisotopic (exact) mass is 189 g/mol. The van der Waals surface area contributed by atoms with Gasteiger partial charge in [-0.25, -0.2) is 0 Å². The number of benzene rings is 1. The summed E-state index contributed by atoms with van der Waals surface area (Å²) in [5.74, 6) is -1.18. The molecule has 0 saturated carbocycles. The Morgan fingerprint density at radius 2 is 2.14 bits per heavy atom. The number of carbonyl (C=O) groups is 1. The Hall–Kier alpha value is -1.82. The van der Waals surface area contributed by atoms with E-state index in [-0.39, 0.29) is 0 Å². The van der Waals surface area contributed by atoms with Gasteiger partial charge in [-0.15, -0.1) is 0 Å². The molecule has 14 heavy (non-hydrogen) atoms. The Bertz CT molecular complexity index is 340. The first-order valence-electron chi connectivity index (χ1n) is 4.29. The number of hydrogen-bond donors (Lipinski definition) is 0. The second-order valence-corrected chi connectivity index (χ2v) is 2.89. The highest BCUT2D eigenvalue weighted by atomic mass is 16.5. The van der Waals surface area contributed by atoms with Crippen LogP contribution in [0.2, 0.25) is 0 Å². The Morgan fingerprint density at radius 3 is 2.64 bits per heavy atom. The van der Waals surface area contributed by atoms with Crippen molar-refractivity contribution in [1.82, 2.24) is 0 Å². The highest BCUT2D eigenvalue weighted by molar-refractivity contribution is 5.75. The van der Waals surface area contributed by atoms with Crippen LogP contribution in [0.3, 0.4) is 0 Å². The molecule has 1 aromatic carbocycles. The molecule has 0 saturated heterocycles. The van der Waals surface area contributed by atoms with E-state index in [0.29, 0.717) is 6.42 Å². The summed E-state index contributed by atoms with van der Waals surface area (Å²) in [5, 5.41) is 8.74. The Kier molecular flexibility index (Phi) is 3.69. The summed E-state index contributed by atoms with van der Waals surface area (Å²) in [6, 6.07) is 11.3. The lowest BCUT2D eigenvalue weighted by molar-refractivity contribution is -0.143. The number of methoxy groups -OCH3 is 1. The van der Waals surface area contributed by atoms with E-state index in [1.807, 2.05) is 36.4 Å². The van der Waals surface area contributed by atoms with Crippen molar-refractivity contribution in [3.63, 3.8) is 0 Å². The molecule has 3 nitrogen and oxygen atoms in total. The van der Waals surface area contributed by atoms with Crippen LogP contribution < -0.4 is 0 Å². The zero-order valence-corrected chi connectivity index (χ0v) is 7.93. The molecule has 1 rings (SSSR count). The molecule has 0 bridgehead atoms. The average Bonchev–Trinajstić information content (AvgIpc) is 2.26. The second kappa shape index (κ2) is 5.03. The minimum absolute atomic E-state index is 0.407. The molecule has 0 aliphatic carbocycles. The van der Waals surface area contributed by atoms with Crippen molar-refractivity contribution >= 4 is 5.97 Å². The lowest BCUT2D eigenvalue weighted by Crippen LogP contribution is -2.16. The predicted octanol–water partition coefficient (Wildman–Crippen LogP) is 1.54. The van der Waals surface area contributed by atoms with Crippen molar-refractivity contribution in [2.24, 2.45) is 5.92 Å². The highest BCUT2D eigenvalue weighted by Crippen LogP contribution is 2.09. The Morgan fingerprint density at radius 1 is 1.50 bits per heavy atom. The maximum absolute atomic E-state index is 11.1. The van der Waals surface area contributed by atoms with Gasteiger partial charge >= 0.3 is 5.97 Å². The molecule has 0 unspecified atom stereocenters. The van der Waals surface area contributed by atoms with Crippen LogP contribution in [0.4, 0.5) is 0 Å². The van der Waals surface area contributed by atoms with Gasteiger partial charge < -0.3 is 4.74 Å². The molecular formula is C11H11NO2. The van der Waals surface area contributed by atoms with Crippen molar-refractivity contribution < 1.29 is 9.53 Å². The fraction of sp³-hybridized carbons (Fsp3) is 0.273. The minimum Gasteiger partial charge on any atom is -0.468 e. The number of nitrogens with zero attached hydrogens (tertiary/aromatic N) is 1. The van der Waals surface area contributed by atoms with Gasteiger partial charge in [0.1, 0.15) is 5.92 Å². The van der Waals surface area contributed by atoms with E-state index >= 15 is 0 Å². The van der Waals surface area contributed by atoms with Gasteiger partial charge in [0.2, 0.25) is 0 Å². The van der Waals surface area contributed by atoms with Gasteiger partial charge in [-0.3, -0.25) is 4.79 Å². The average molecular weight is 189 g/mol. The zero-order chi connectivity index (χ0) is 10.4. The standard InChI is InChI=1S/C11H11NO2/c1-14-11(13)10(8-12)7-9-5-3-2-4-6-9/h2-6,10H,7H2,1H3/t10-/m1/s1. The van der Waals surface area contributed by atoms with Gasteiger partial charge in [-0.05, 0) is 12.0 Å². The van der Waals surface area contributed by atoms with Crippen LogP contribution in [-0.4, -0.2) is 13.1 Å². The number of ether oxygens (including phenoxy) is 1. The van der Waals surface area contributed by atoms with Crippen LogP contribution in [-0.2, 0) is 16.0 Å². The molecule has 1 aromatic rings. The van der Waals surface area contributed by atoms with Crippen LogP contribution in [0.5, 0.6) is 0 Å². The first kappa shape index (κ1) is 10.3. The smallest absolute Gasteiger partial charge is 0.323 e. The van der Waals surface area contributed by atoms with Crippen LogP contribution in [0, 0.1) is 17.2 Å². The number of nitriles is 1. The Balaban J connectivity index is 2.68. The fourth-order valence-electron chi connectivity index (χ4n) is 1.17. The topological polar surface area (TPSA) is 50.1 Å². The maximum Gasteiger partial charge on any atom is 0.323 e. The SMILES string of the molecule is COC(=O)[C@@H](C#N)Cc1ccccc1. The quantitative estimate of drug-likeness (QED) is 0.678. The zero-order valence-electron chi connectivity index (χ0n) is 7.93. The summed E-state index contributed by atoms with van der Waals surface area (Å²) in [4.78, 5) is 11.1. The van der Waals surface area contributed by atoms with Crippen LogP contribution in [0.1, 0.15) is 5.56 Å². The third kappa shape index (κ3) is 2.60. The second-order valence-electron chi connectivity index (χ2n) is 2.89. The van der Waals surface area contributed by atoms with Gasteiger partial charge in [0, 0.05) is 0 Å². The van der Waals surface area contributed by atoms with E-state index in [0.717, 1.165) is 5.56 Å². The highest BCUT2D eigenvalue weighted by Gasteiger charge is 2.18. The number of esters is 1. The van der Waals surface area contributed by atoms with E-state index in [1.165, 1.54) is 7.11 Å². The maximum atomic E-state index is 11.1. The molecule has 0 aliphatic rings. The lowest BCUT2D eigenvalue weighted by Gasteiger charge is -2.05. The molecule has 0 aromatic heterocycles. The molecule has 0 heterocycles. The third-order valence-corrected chi connectivity index (χ3v) is 1.92. The molecule has 0 aliphatic heterocycles. The molecule has 0 fully saturated rings. The van der Waals surface area contributed by atoms with Gasteiger partial charge in [-0.2, -0.15) is 5.26 Å². The molecule has 0 amide bonds. The lowest BCUT2D eigenvalue weighted by atomic mass is 10.0. The van der Waals surface area contributed by atoms with Crippen LogP contribution in [0.25, 0.3) is 0 Å². The predicted molar refractivity (Wildman–Crippen MR) is 51.3 cm³/mol. The van der Waals surface area contributed by atoms with Crippen LogP contribution in [0.15, 0.2) is 30.3 Å². The molecule has 0 spiro atoms. The summed E-state index contributed by atoms with van der Waals surface area (Å²) in [7, 11) is 1.29. The van der Waals surface area contributed by atoms with Gasteiger partial charge in [0.15, 0.2) is 0 Å². The molecule has 0 N–H and O–H groups in total. The van der Waals surface area contributed by atoms with E-state index in [1.54, 1.807) is 0 Å². The molecule has 1 atom stereocenters. The summed E-state index contributed by atoms with van der Waals surface area (Å²) < 4.78 is 4.51. The van der Waals surface area contributed by atoms with Gasteiger partial charge in [0.25, 0.3) is 0 Å². The third-order valence-electron chi connectivity index (χ3n) is 1.92. The molecular weight excluding hydrogens is 178 g/mol. The largest absolute Gasteiger partial charge is 0.468 e. The van der Waals surface area contributed by atoms with Gasteiger partial charge in [-0.1, -0.05) is 30.3 Å². The van der Waals surface area contributed by atoms with E-state index < -0.39 is 11.9 Å². The van der Waals surface area contributed by atoms with E-state index in [4.69, 9.17) is 5.26 Å². The number of rotatable bonds is 3. The summed E-state index contributed by atoms with van der Waals surface area (Å²) in [6.07, 6.45) is 0.407. The fourth-order valence-corrected chi connectivity index (χ4v) is 1.17. The van der Waals surface area contributed by atoms with Gasteiger partial charge in [0.05, 0.1) is 13.2 Å². The molecule has 72 valence electrons. The molecule has 3 heteroatoms. The first-order valence-corrected chi connectivity index (χ1v) is 4.29. The van der Waals surface area contributed by atoms with E-state index in [9.17, 15) is 4.79 Å². The van der Waals surface area contributed by atoms with Crippen molar-refractivity contribution in [3.8, 4) is 6.07 Å². The Labute approximate surface area is 82.9 Å². The van der Waals surface area contributed by atoms with Crippen LogP contribution >= 0.6 is 0 Å². The van der Waals surface area contributed by atoms with E-state index in [2.05, 4.69) is 4.74 Å². The normalized spacial score (nSPS) is 11.4.